The van der Waals surface area contributed by atoms with Crippen molar-refractivity contribution in [3.05, 3.63) is 41.9 Å². The van der Waals surface area contributed by atoms with Crippen LogP contribution in [-0.4, -0.2) is 37.3 Å². The Bertz CT molecular complexity index is 622. The van der Waals surface area contributed by atoms with Crippen molar-refractivity contribution in [3.8, 4) is 6.07 Å². The van der Waals surface area contributed by atoms with Gasteiger partial charge < -0.3 is 14.2 Å². The number of hydrogen-bond acceptors (Lipinski definition) is 6. The summed E-state index contributed by atoms with van der Waals surface area (Å²) in [5, 5.41) is 9.05. The lowest BCUT2D eigenvalue weighted by atomic mass is 10.4. The van der Waals surface area contributed by atoms with Crippen LogP contribution in [0.3, 0.4) is 0 Å². The molecule has 7 nitrogen and oxygen atoms in total. The minimum atomic E-state index is -0.745. The number of nitriles is 1. The van der Waals surface area contributed by atoms with Crippen LogP contribution in [-0.2, 0) is 19.0 Å². The minimum Gasteiger partial charge on any atom is -0.481 e. The van der Waals surface area contributed by atoms with E-state index in [-0.39, 0.29) is 23.8 Å². The molecule has 0 aliphatic heterocycles. The maximum atomic E-state index is 11.6. The predicted molar refractivity (Wildman–Crippen MR) is 72.9 cm³/mol. The topological polar surface area (TPSA) is 90.5 Å². The number of ether oxygens (including phenoxy) is 3. The summed E-state index contributed by atoms with van der Waals surface area (Å²) in [7, 11) is 2.40. The van der Waals surface area contributed by atoms with E-state index in [9.17, 15) is 9.59 Å². The molecule has 0 saturated heterocycles. The summed E-state index contributed by atoms with van der Waals surface area (Å²) >= 11 is 0. The Hall–Kier alpha value is -3.01. The number of esters is 2. The van der Waals surface area contributed by atoms with Crippen LogP contribution >= 0.6 is 0 Å². The first-order valence-corrected chi connectivity index (χ1v) is 5.82. The second-order valence-corrected chi connectivity index (χ2v) is 3.66. The molecular formula is C14H14N2O5. The van der Waals surface area contributed by atoms with Crippen molar-refractivity contribution in [1.82, 2.24) is 4.57 Å². The van der Waals surface area contributed by atoms with E-state index in [0.717, 1.165) is 0 Å². The molecule has 1 rings (SSSR count). The molecule has 1 heterocycles. The molecule has 0 aliphatic carbocycles. The molecule has 0 fully saturated rings. The SMILES string of the molecule is C=CCO/C(=C\n1c(C#N)ccc1C(=O)OC)C(=O)OC. The third kappa shape index (κ3) is 3.73. The zero-order chi connectivity index (χ0) is 15.8. The summed E-state index contributed by atoms with van der Waals surface area (Å²) in [6.45, 7) is 3.54. The van der Waals surface area contributed by atoms with Gasteiger partial charge in [-0.3, -0.25) is 4.57 Å². The van der Waals surface area contributed by atoms with Gasteiger partial charge in [-0.25, -0.2) is 9.59 Å². The fourth-order valence-electron chi connectivity index (χ4n) is 1.46. The third-order valence-corrected chi connectivity index (χ3v) is 2.42. The van der Waals surface area contributed by atoms with Gasteiger partial charge in [0.1, 0.15) is 24.1 Å². The van der Waals surface area contributed by atoms with Gasteiger partial charge in [0.05, 0.1) is 20.4 Å². The van der Waals surface area contributed by atoms with Crippen molar-refractivity contribution in [2.75, 3.05) is 20.8 Å². The van der Waals surface area contributed by atoms with Crippen LogP contribution < -0.4 is 0 Å². The van der Waals surface area contributed by atoms with Gasteiger partial charge in [0.25, 0.3) is 0 Å². The van der Waals surface area contributed by atoms with E-state index in [0.29, 0.717) is 0 Å². The van der Waals surface area contributed by atoms with Gasteiger partial charge >= 0.3 is 11.9 Å². The molecule has 1 aromatic rings. The Labute approximate surface area is 121 Å². The summed E-state index contributed by atoms with van der Waals surface area (Å²) in [5.41, 5.74) is 0.219. The molecule has 0 unspecified atom stereocenters. The van der Waals surface area contributed by atoms with E-state index in [1.807, 2.05) is 6.07 Å². The zero-order valence-corrected chi connectivity index (χ0v) is 11.7. The Morgan fingerprint density at radius 1 is 1.38 bits per heavy atom. The molecule has 110 valence electrons. The summed E-state index contributed by atoms with van der Waals surface area (Å²) in [6.07, 6.45) is 2.64. The lowest BCUT2D eigenvalue weighted by Gasteiger charge is -2.09. The molecule has 0 amide bonds. The molecule has 0 aromatic carbocycles. The van der Waals surface area contributed by atoms with Crippen LogP contribution in [0.1, 0.15) is 16.2 Å². The van der Waals surface area contributed by atoms with Crippen molar-refractivity contribution in [3.63, 3.8) is 0 Å². The van der Waals surface area contributed by atoms with Crippen LogP contribution in [0.15, 0.2) is 30.5 Å². The van der Waals surface area contributed by atoms with Crippen LogP contribution in [0.25, 0.3) is 6.20 Å². The normalized spacial score (nSPS) is 10.4. The average Bonchev–Trinajstić information content (AvgIpc) is 2.92. The molecule has 0 bridgehead atoms. The molecule has 1 aromatic heterocycles. The van der Waals surface area contributed by atoms with Gasteiger partial charge in [0.2, 0.25) is 5.76 Å². The van der Waals surface area contributed by atoms with Crippen molar-refractivity contribution in [1.29, 1.82) is 5.26 Å². The molecule has 0 saturated carbocycles. The standard InChI is InChI=1S/C14H14N2O5/c1-4-7-21-12(14(18)20-3)9-16-10(8-15)5-6-11(16)13(17)19-2/h4-6,9H,1,7H2,2-3H3/b12-9-. The smallest absolute Gasteiger partial charge is 0.374 e. The molecule has 0 radical (unpaired) electrons. The van der Waals surface area contributed by atoms with Crippen LogP contribution in [0.2, 0.25) is 0 Å². The number of rotatable bonds is 6. The second-order valence-electron chi connectivity index (χ2n) is 3.66. The molecule has 0 aliphatic rings. The number of hydrogen-bond donors (Lipinski definition) is 0. The highest BCUT2D eigenvalue weighted by molar-refractivity contribution is 5.92. The largest absolute Gasteiger partial charge is 0.481 e. The Kier molecular flexibility index (Phi) is 5.77. The molecule has 0 atom stereocenters. The van der Waals surface area contributed by atoms with E-state index >= 15 is 0 Å². The summed E-state index contributed by atoms with van der Waals surface area (Å²) < 4.78 is 15.6. The Morgan fingerprint density at radius 3 is 2.62 bits per heavy atom. The average molecular weight is 290 g/mol. The van der Waals surface area contributed by atoms with Crippen molar-refractivity contribution in [2.24, 2.45) is 0 Å². The summed E-state index contributed by atoms with van der Waals surface area (Å²) in [6, 6.07) is 4.72. The monoisotopic (exact) mass is 290 g/mol. The molecule has 0 N–H and O–H groups in total. The maximum absolute atomic E-state index is 11.6. The fraction of sp³-hybridized carbons (Fsp3) is 0.214. The first kappa shape index (κ1) is 16.0. The maximum Gasteiger partial charge on any atom is 0.374 e. The second kappa shape index (κ2) is 7.55. The van der Waals surface area contributed by atoms with E-state index in [1.54, 1.807) is 0 Å². The molecule has 7 heteroatoms. The lowest BCUT2D eigenvalue weighted by molar-refractivity contribution is -0.139. The first-order chi connectivity index (χ1) is 10.1. The highest BCUT2D eigenvalue weighted by Gasteiger charge is 2.18. The van der Waals surface area contributed by atoms with Gasteiger partial charge in [-0.2, -0.15) is 5.26 Å². The Morgan fingerprint density at radius 2 is 2.10 bits per heavy atom. The number of carbonyl (C=O) groups is 2. The predicted octanol–water partition coefficient (Wildman–Crippen LogP) is 1.32. The minimum absolute atomic E-state index is 0.0671. The van der Waals surface area contributed by atoms with Crippen molar-refractivity contribution in [2.45, 2.75) is 0 Å². The quantitative estimate of drug-likeness (QED) is 0.339. The number of methoxy groups -OCH3 is 2. The van der Waals surface area contributed by atoms with Gasteiger partial charge in [0, 0.05) is 0 Å². The van der Waals surface area contributed by atoms with Crippen LogP contribution in [0.5, 0.6) is 0 Å². The van der Waals surface area contributed by atoms with E-state index < -0.39 is 11.9 Å². The highest BCUT2D eigenvalue weighted by atomic mass is 16.6. The lowest BCUT2D eigenvalue weighted by Crippen LogP contribution is -2.13. The van der Waals surface area contributed by atoms with Crippen molar-refractivity contribution >= 4 is 18.1 Å². The van der Waals surface area contributed by atoms with Crippen LogP contribution in [0.4, 0.5) is 0 Å². The zero-order valence-electron chi connectivity index (χ0n) is 11.7. The molecule has 0 spiro atoms. The van der Waals surface area contributed by atoms with E-state index in [1.165, 1.54) is 43.2 Å². The van der Waals surface area contributed by atoms with Gasteiger partial charge in [-0.05, 0) is 12.1 Å². The van der Waals surface area contributed by atoms with Gasteiger partial charge in [-0.15, -0.1) is 0 Å². The Balaban J connectivity index is 3.33. The number of carbonyl (C=O) groups excluding carboxylic acids is 2. The van der Waals surface area contributed by atoms with E-state index in [2.05, 4.69) is 16.1 Å². The highest BCUT2D eigenvalue weighted by Crippen LogP contribution is 2.14. The van der Waals surface area contributed by atoms with E-state index in [4.69, 9.17) is 10.00 Å². The summed E-state index contributed by atoms with van der Waals surface area (Å²) in [5.74, 6) is -1.57. The van der Waals surface area contributed by atoms with Crippen LogP contribution in [0, 0.1) is 11.3 Å². The van der Waals surface area contributed by atoms with Gasteiger partial charge in [0.15, 0.2) is 0 Å². The van der Waals surface area contributed by atoms with Crippen molar-refractivity contribution < 1.29 is 23.8 Å². The summed E-state index contributed by atoms with van der Waals surface area (Å²) in [4.78, 5) is 23.3. The number of aromatic nitrogens is 1. The third-order valence-electron chi connectivity index (χ3n) is 2.42. The molecular weight excluding hydrogens is 276 g/mol. The molecule has 21 heavy (non-hydrogen) atoms. The van der Waals surface area contributed by atoms with Gasteiger partial charge in [-0.1, -0.05) is 12.7 Å². The number of nitrogens with zero attached hydrogens (tertiary/aromatic N) is 2. The first-order valence-electron chi connectivity index (χ1n) is 5.82. The fourth-order valence-corrected chi connectivity index (χ4v) is 1.46.